The van der Waals surface area contributed by atoms with E-state index in [2.05, 4.69) is 4.74 Å². The summed E-state index contributed by atoms with van der Waals surface area (Å²) in [6, 6.07) is 0. The Labute approximate surface area is 58.6 Å². The van der Waals surface area contributed by atoms with E-state index in [0.29, 0.717) is 13.1 Å². The van der Waals surface area contributed by atoms with Crippen LogP contribution in [0.15, 0.2) is 0 Å². The number of esters is 1. The first-order valence-electron chi connectivity index (χ1n) is 2.72. The molecule has 0 bridgehead atoms. The zero-order valence-electron chi connectivity index (χ0n) is 5.13. The van der Waals surface area contributed by atoms with E-state index in [-0.39, 0.29) is 11.9 Å². The lowest BCUT2D eigenvalue weighted by Gasteiger charge is -2.30. The van der Waals surface area contributed by atoms with Crippen LogP contribution < -0.4 is 0 Å². The Morgan fingerprint density at radius 1 is 1.78 bits per heavy atom. The molecule has 0 aliphatic carbocycles. The third-order valence-electron chi connectivity index (χ3n) is 1.37. The van der Waals surface area contributed by atoms with Gasteiger partial charge in [0, 0.05) is 13.1 Å². The number of hydrogen-bond donors (Lipinski definition) is 0. The van der Waals surface area contributed by atoms with Crippen molar-refractivity contribution in [2.75, 3.05) is 20.2 Å². The lowest BCUT2D eigenvalue weighted by molar-refractivity contribution is -0.149. The van der Waals surface area contributed by atoms with Crippen LogP contribution in [-0.4, -0.2) is 30.6 Å². The normalized spacial score (nSPS) is 21.1. The first-order valence-corrected chi connectivity index (χ1v) is 3.06. The van der Waals surface area contributed by atoms with Crippen molar-refractivity contribution in [3.05, 3.63) is 0 Å². The molecule has 0 atom stereocenters. The van der Waals surface area contributed by atoms with Crippen LogP contribution >= 0.6 is 11.8 Å². The molecule has 1 heterocycles. The second kappa shape index (κ2) is 2.54. The van der Waals surface area contributed by atoms with E-state index < -0.39 is 0 Å². The number of methoxy groups -OCH3 is 1. The smallest absolute Gasteiger partial charge is 0.311 e. The summed E-state index contributed by atoms with van der Waals surface area (Å²) in [5.41, 5.74) is 0. The predicted molar refractivity (Wildman–Crippen MR) is 32.9 cm³/mol. The molecule has 9 heavy (non-hydrogen) atoms. The van der Waals surface area contributed by atoms with Gasteiger partial charge >= 0.3 is 5.97 Å². The Balaban J connectivity index is 2.23. The highest BCUT2D eigenvalue weighted by atomic mass is 35.5. The van der Waals surface area contributed by atoms with E-state index in [4.69, 9.17) is 11.8 Å². The van der Waals surface area contributed by atoms with Crippen molar-refractivity contribution in [3.63, 3.8) is 0 Å². The number of carbonyl (C=O) groups is 1. The van der Waals surface area contributed by atoms with Gasteiger partial charge in [-0.25, -0.2) is 4.42 Å². The van der Waals surface area contributed by atoms with E-state index in [9.17, 15) is 4.79 Å². The fraction of sp³-hybridized carbons (Fsp3) is 0.800. The van der Waals surface area contributed by atoms with Crippen molar-refractivity contribution in [2.24, 2.45) is 5.92 Å². The summed E-state index contributed by atoms with van der Waals surface area (Å²) in [5, 5.41) is 0. The van der Waals surface area contributed by atoms with Crippen molar-refractivity contribution in [1.82, 2.24) is 4.42 Å². The largest absolute Gasteiger partial charge is 0.469 e. The molecule has 0 saturated carbocycles. The van der Waals surface area contributed by atoms with Crippen LogP contribution in [0.25, 0.3) is 0 Å². The minimum Gasteiger partial charge on any atom is -0.469 e. The monoisotopic (exact) mass is 149 g/mol. The summed E-state index contributed by atoms with van der Waals surface area (Å²) < 4.78 is 6.04. The van der Waals surface area contributed by atoms with E-state index in [1.807, 2.05) is 0 Å². The van der Waals surface area contributed by atoms with Crippen LogP contribution in [-0.2, 0) is 9.53 Å². The molecule has 0 amide bonds. The van der Waals surface area contributed by atoms with Gasteiger partial charge in [-0.3, -0.25) is 4.79 Å². The predicted octanol–water partition coefficient (Wildman–Crippen LogP) is 0.245. The van der Waals surface area contributed by atoms with Crippen molar-refractivity contribution in [2.45, 2.75) is 0 Å². The third-order valence-corrected chi connectivity index (χ3v) is 1.65. The first kappa shape index (κ1) is 6.83. The standard InChI is InChI=1S/C5H8ClNO2/c1-9-5(8)4-2-7(6)3-4/h4H,2-3H2,1H3. The Morgan fingerprint density at radius 2 is 2.33 bits per heavy atom. The molecule has 0 aromatic carbocycles. The molecule has 1 aliphatic rings. The van der Waals surface area contributed by atoms with Gasteiger partial charge in [0.25, 0.3) is 0 Å². The van der Waals surface area contributed by atoms with Gasteiger partial charge in [0.05, 0.1) is 13.0 Å². The summed E-state index contributed by atoms with van der Waals surface area (Å²) in [4.78, 5) is 10.6. The second-order valence-corrected chi connectivity index (χ2v) is 2.53. The van der Waals surface area contributed by atoms with Gasteiger partial charge in [0.1, 0.15) is 0 Å². The first-order chi connectivity index (χ1) is 4.24. The Bertz CT molecular complexity index is 122. The molecule has 0 aromatic heterocycles. The molecule has 4 heteroatoms. The average Bonchev–Trinajstić information content (AvgIpc) is 1.79. The average molecular weight is 150 g/mol. The lowest BCUT2D eigenvalue weighted by atomic mass is 10.0. The highest BCUT2D eigenvalue weighted by Crippen LogP contribution is 2.17. The molecule has 1 aliphatic heterocycles. The molecule has 0 N–H and O–H groups in total. The van der Waals surface area contributed by atoms with Gasteiger partial charge in [-0.2, -0.15) is 0 Å². The maximum Gasteiger partial charge on any atom is 0.311 e. The fourth-order valence-corrected chi connectivity index (χ4v) is 1.07. The Morgan fingerprint density at radius 3 is 2.67 bits per heavy atom. The number of ether oxygens (including phenoxy) is 1. The van der Waals surface area contributed by atoms with Gasteiger partial charge in [0.2, 0.25) is 0 Å². The number of carbonyl (C=O) groups excluding carboxylic acids is 1. The van der Waals surface area contributed by atoms with Gasteiger partial charge in [0.15, 0.2) is 0 Å². The molecule has 3 nitrogen and oxygen atoms in total. The summed E-state index contributed by atoms with van der Waals surface area (Å²) in [7, 11) is 1.39. The molecule has 52 valence electrons. The zero-order valence-corrected chi connectivity index (χ0v) is 5.89. The maximum atomic E-state index is 10.6. The van der Waals surface area contributed by atoms with Gasteiger partial charge in [-0.1, -0.05) is 0 Å². The number of rotatable bonds is 1. The van der Waals surface area contributed by atoms with E-state index >= 15 is 0 Å². The minimum atomic E-state index is -0.160. The summed E-state index contributed by atoms with van der Waals surface area (Å²) in [6.07, 6.45) is 0. The van der Waals surface area contributed by atoms with E-state index in [1.54, 1.807) is 4.42 Å². The molecule has 0 unspecified atom stereocenters. The Kier molecular flexibility index (Phi) is 1.93. The topological polar surface area (TPSA) is 29.5 Å². The van der Waals surface area contributed by atoms with Crippen LogP contribution in [0, 0.1) is 5.92 Å². The molecular weight excluding hydrogens is 142 g/mol. The second-order valence-electron chi connectivity index (χ2n) is 2.05. The van der Waals surface area contributed by atoms with E-state index in [1.165, 1.54) is 7.11 Å². The fourth-order valence-electron chi connectivity index (χ4n) is 0.741. The van der Waals surface area contributed by atoms with Crippen LogP contribution in [0.2, 0.25) is 0 Å². The van der Waals surface area contributed by atoms with E-state index in [0.717, 1.165) is 0 Å². The van der Waals surface area contributed by atoms with Crippen molar-refractivity contribution >= 4 is 17.7 Å². The van der Waals surface area contributed by atoms with Crippen LogP contribution in [0.5, 0.6) is 0 Å². The van der Waals surface area contributed by atoms with Gasteiger partial charge in [-0.05, 0) is 11.8 Å². The molecule has 0 aromatic rings. The van der Waals surface area contributed by atoms with Crippen LogP contribution in [0.4, 0.5) is 0 Å². The van der Waals surface area contributed by atoms with Crippen molar-refractivity contribution in [3.8, 4) is 0 Å². The summed E-state index contributed by atoms with van der Waals surface area (Å²) >= 11 is 5.47. The van der Waals surface area contributed by atoms with Crippen LogP contribution in [0.1, 0.15) is 0 Å². The third kappa shape index (κ3) is 1.34. The highest BCUT2D eigenvalue weighted by Gasteiger charge is 2.32. The quantitative estimate of drug-likeness (QED) is 0.395. The molecule has 1 saturated heterocycles. The number of halogens is 1. The molecule has 0 radical (unpaired) electrons. The maximum absolute atomic E-state index is 10.6. The zero-order chi connectivity index (χ0) is 6.85. The minimum absolute atomic E-state index is 0.00694. The summed E-state index contributed by atoms with van der Waals surface area (Å²) in [6.45, 7) is 1.24. The van der Waals surface area contributed by atoms with Crippen molar-refractivity contribution < 1.29 is 9.53 Å². The van der Waals surface area contributed by atoms with Crippen LogP contribution in [0.3, 0.4) is 0 Å². The Hall–Kier alpha value is -0.280. The number of nitrogens with zero attached hydrogens (tertiary/aromatic N) is 1. The van der Waals surface area contributed by atoms with Gasteiger partial charge in [-0.15, -0.1) is 0 Å². The van der Waals surface area contributed by atoms with Crippen molar-refractivity contribution in [1.29, 1.82) is 0 Å². The molecule has 1 rings (SSSR count). The number of hydrogen-bond acceptors (Lipinski definition) is 3. The van der Waals surface area contributed by atoms with Gasteiger partial charge < -0.3 is 4.74 Å². The molecule has 1 fully saturated rings. The molecule has 0 spiro atoms. The molecular formula is C5H8ClNO2. The summed E-state index contributed by atoms with van der Waals surface area (Å²) in [5.74, 6) is -0.153. The SMILES string of the molecule is COC(=O)C1CN(Cl)C1. The lowest BCUT2D eigenvalue weighted by Crippen LogP contribution is -2.45. The highest BCUT2D eigenvalue weighted by molar-refractivity contribution is 6.14.